The maximum Gasteiger partial charge on any atom is 0.296 e. The topological polar surface area (TPSA) is 237 Å². The van der Waals surface area contributed by atoms with Crippen LogP contribution in [-0.2, 0) is 45.5 Å². The van der Waals surface area contributed by atoms with E-state index in [-0.39, 0.29) is 81.1 Å². The highest BCUT2D eigenvalue weighted by Gasteiger charge is 2.26. The molecule has 7 aromatic rings. The molecule has 0 bridgehead atoms. The largest absolute Gasteiger partial charge is 0.493 e. The molecule has 0 heterocycles. The van der Waals surface area contributed by atoms with Gasteiger partial charge in [0.1, 0.15) is 11.5 Å². The van der Waals surface area contributed by atoms with E-state index in [4.69, 9.17) is 42.0 Å². The number of aliphatic hydroxyl groups excluding tert-OH is 1. The summed E-state index contributed by atoms with van der Waals surface area (Å²) >= 11 is 9.53. The minimum absolute atomic E-state index is 0.0152. The van der Waals surface area contributed by atoms with Crippen LogP contribution in [0.5, 0.6) is 11.5 Å². The fraction of sp³-hybridized carbons (Fsp3) is 0.208. The number of hydrogen-bond donors (Lipinski definition) is 1. The Morgan fingerprint density at radius 3 is 1.41 bits per heavy atom. The normalized spacial score (nSPS) is 11.5. The molecule has 0 fully saturated rings. The third-order valence-corrected chi connectivity index (χ3v) is 14.8. The predicted molar refractivity (Wildman–Crippen MR) is 264 cm³/mol. The Labute approximate surface area is 409 Å². The van der Waals surface area contributed by atoms with Gasteiger partial charge in [-0.25, -0.2) is 16.8 Å². The van der Waals surface area contributed by atoms with Gasteiger partial charge in [-0.2, -0.15) is 8.42 Å². The highest BCUT2D eigenvalue weighted by Crippen LogP contribution is 2.33. The lowest BCUT2D eigenvalue weighted by molar-refractivity contribution is -0.385. The van der Waals surface area contributed by atoms with Crippen molar-refractivity contribution in [1.82, 2.24) is 0 Å². The van der Waals surface area contributed by atoms with Crippen LogP contribution in [0.25, 0.3) is 21.5 Å². The number of halogens is 2. The highest BCUT2D eigenvalue weighted by atomic mass is 35.5. The fourth-order valence-corrected chi connectivity index (χ4v) is 11.0. The second kappa shape index (κ2) is 24.9. The first-order valence-corrected chi connectivity index (χ1v) is 26.6. The van der Waals surface area contributed by atoms with Gasteiger partial charge in [0.25, 0.3) is 21.5 Å². The highest BCUT2D eigenvalue weighted by molar-refractivity contribution is 7.91. The molecule has 0 aliphatic carbocycles. The van der Waals surface area contributed by atoms with E-state index in [9.17, 15) is 45.5 Å². The van der Waals surface area contributed by atoms with E-state index in [1.165, 1.54) is 60.7 Å². The van der Waals surface area contributed by atoms with Gasteiger partial charge in [-0.1, -0.05) is 90.5 Å². The van der Waals surface area contributed by atoms with Crippen LogP contribution in [0, 0.1) is 27.2 Å². The van der Waals surface area contributed by atoms with E-state index in [2.05, 4.69) is 0 Å². The van der Waals surface area contributed by atoms with E-state index in [1.54, 1.807) is 66.7 Å². The lowest BCUT2D eigenvalue weighted by Crippen LogP contribution is -2.10. The van der Waals surface area contributed by atoms with Crippen molar-refractivity contribution in [3.05, 3.63) is 183 Å². The number of nitrogens with zero attached hydrogens (tertiary/aromatic N) is 2. The number of aliphatic hydroxyl groups is 1. The van der Waals surface area contributed by atoms with Crippen molar-refractivity contribution >= 4 is 85.9 Å². The Hall–Kier alpha value is -6.19. The zero-order valence-electron chi connectivity index (χ0n) is 36.8. The number of ether oxygens (including phenoxy) is 2. The molecule has 16 nitrogen and oxygen atoms in total. The molecule has 21 heteroatoms. The predicted octanol–water partition coefficient (Wildman–Crippen LogP) is 10.1. The Morgan fingerprint density at radius 1 is 0.551 bits per heavy atom. The molecule has 0 aliphatic heterocycles. The molecule has 69 heavy (non-hydrogen) atoms. The van der Waals surface area contributed by atoms with Crippen molar-refractivity contribution in [2.45, 2.75) is 46.0 Å². The van der Waals surface area contributed by atoms with E-state index >= 15 is 0 Å². The lowest BCUT2D eigenvalue weighted by atomic mass is 10.1. The fourth-order valence-electron chi connectivity index (χ4n) is 6.83. The molecule has 364 valence electrons. The van der Waals surface area contributed by atoms with Crippen molar-refractivity contribution in [2.75, 3.05) is 31.8 Å². The van der Waals surface area contributed by atoms with Crippen molar-refractivity contribution in [1.29, 1.82) is 0 Å². The summed E-state index contributed by atoms with van der Waals surface area (Å²) in [6.07, 6.45) is 0.617. The van der Waals surface area contributed by atoms with Crippen LogP contribution in [0.15, 0.2) is 160 Å². The van der Waals surface area contributed by atoms with Crippen LogP contribution in [0.2, 0.25) is 0 Å². The number of benzene rings is 7. The Morgan fingerprint density at radius 2 is 0.971 bits per heavy atom. The third kappa shape index (κ3) is 14.9. The van der Waals surface area contributed by atoms with Crippen LogP contribution in [-0.4, -0.2) is 72.0 Å². The summed E-state index contributed by atoms with van der Waals surface area (Å²) in [5.41, 5.74) is 0.342. The van der Waals surface area contributed by atoms with Crippen molar-refractivity contribution in [3.63, 3.8) is 0 Å². The van der Waals surface area contributed by atoms with Gasteiger partial charge in [0.05, 0.1) is 61.2 Å². The van der Waals surface area contributed by atoms with Gasteiger partial charge in [-0.15, -0.1) is 23.2 Å². The molecule has 0 unspecified atom stereocenters. The molecule has 0 aromatic heterocycles. The molecule has 0 amide bonds. The molecule has 0 spiro atoms. The SMILES string of the molecule is Cc1ccc(S(=O)(=O)OCCCOc2ccc([N+](=O)[O-])c(CS(=O)(=O)c3cccc4ccccc34)c2)cc1.ClCCl.O=[N+]([O-])c1ccc(OCCCO)cc1CS(=O)(=O)c1cccc2ccccc12. The zero-order valence-corrected chi connectivity index (χ0v) is 40.8. The van der Waals surface area contributed by atoms with Gasteiger partial charge >= 0.3 is 0 Å². The molecule has 0 saturated heterocycles. The second-order valence-electron chi connectivity index (χ2n) is 14.9. The first-order chi connectivity index (χ1) is 32.9. The summed E-state index contributed by atoms with van der Waals surface area (Å²) in [5, 5.41) is 34.6. The maximum atomic E-state index is 13.3. The van der Waals surface area contributed by atoms with Gasteiger partial charge < -0.3 is 14.6 Å². The van der Waals surface area contributed by atoms with Gasteiger partial charge in [-0.3, -0.25) is 24.4 Å². The van der Waals surface area contributed by atoms with Crippen LogP contribution < -0.4 is 9.47 Å². The number of aryl methyl sites for hydroxylation is 1. The average molecular weight is 1040 g/mol. The van der Waals surface area contributed by atoms with E-state index in [1.807, 2.05) is 25.1 Å². The lowest BCUT2D eigenvalue weighted by Gasteiger charge is -2.11. The van der Waals surface area contributed by atoms with Gasteiger partial charge in [0, 0.05) is 53.5 Å². The number of rotatable bonds is 19. The number of nitro groups is 2. The van der Waals surface area contributed by atoms with Crippen LogP contribution in [0.3, 0.4) is 0 Å². The molecule has 0 radical (unpaired) electrons. The number of alkyl halides is 2. The molecule has 0 atom stereocenters. The van der Waals surface area contributed by atoms with Crippen molar-refractivity contribution < 1.29 is 53.9 Å². The Balaban J connectivity index is 0.000000254. The minimum atomic E-state index is -3.93. The molecule has 0 aliphatic rings. The Kier molecular flexibility index (Phi) is 19.4. The number of hydrogen-bond acceptors (Lipinski definition) is 14. The zero-order chi connectivity index (χ0) is 50.2. The summed E-state index contributed by atoms with van der Waals surface area (Å²) in [4.78, 5) is 22.0. The third-order valence-electron chi connectivity index (χ3n) is 10.0. The molecule has 0 saturated carbocycles. The quantitative estimate of drug-likeness (QED) is 0.0261. The van der Waals surface area contributed by atoms with Gasteiger partial charge in [0.2, 0.25) is 0 Å². The van der Waals surface area contributed by atoms with Crippen LogP contribution in [0.4, 0.5) is 11.4 Å². The first-order valence-electron chi connectivity index (χ1n) is 20.8. The van der Waals surface area contributed by atoms with Crippen molar-refractivity contribution in [2.24, 2.45) is 0 Å². The van der Waals surface area contributed by atoms with Gasteiger partial charge in [-0.05, 0) is 66.2 Å². The molecule has 7 rings (SSSR count). The molecule has 1 N–H and O–H groups in total. The summed E-state index contributed by atoms with van der Waals surface area (Å²) in [7, 11) is -11.7. The van der Waals surface area contributed by atoms with E-state index in [0.29, 0.717) is 22.9 Å². The summed E-state index contributed by atoms with van der Waals surface area (Å²) < 4.78 is 93.4. The summed E-state index contributed by atoms with van der Waals surface area (Å²) in [6.45, 7) is 1.94. The number of fused-ring (bicyclic) bond motifs is 2. The average Bonchev–Trinajstić information content (AvgIpc) is 3.31. The van der Waals surface area contributed by atoms with E-state index in [0.717, 1.165) is 16.3 Å². The standard InChI is InChI=1S/C27H25NO8S2.C20H19NO6S.CH2Cl2/c1-20-10-13-24(14-11-20)38(33,34)36-17-5-16-35-23-12-15-26(28(29)30)22(18-23)19-37(31,32)27-9-4-7-21-6-2-3-8-25(21)27;22-11-4-12-27-17-9-10-19(21(23)24)16(13-17)14-28(25,26)20-8-3-6-15-5-1-2-7-18(15)20;2-1-3/h2-4,6-15,18H,5,16-17,19H2,1H3;1-3,5-10,13,22H,4,11-12,14H2;1H2. The monoisotopic (exact) mass is 1040 g/mol. The van der Waals surface area contributed by atoms with Gasteiger partial charge in [0.15, 0.2) is 19.7 Å². The summed E-state index contributed by atoms with van der Waals surface area (Å²) in [5.74, 6) is -0.566. The molecular formula is C48H46Cl2N2O14S3. The molecular weight excluding hydrogens is 996 g/mol. The smallest absolute Gasteiger partial charge is 0.296 e. The summed E-state index contributed by atoms with van der Waals surface area (Å²) in [6, 6.07) is 38.2. The van der Waals surface area contributed by atoms with Crippen LogP contribution >= 0.6 is 23.2 Å². The second-order valence-corrected chi connectivity index (χ2v) is 21.2. The first kappa shape index (κ1) is 53.8. The number of nitro benzene ring substituents is 2. The maximum absolute atomic E-state index is 13.3. The van der Waals surface area contributed by atoms with Crippen molar-refractivity contribution in [3.8, 4) is 11.5 Å². The molecule has 7 aromatic carbocycles. The van der Waals surface area contributed by atoms with E-state index < -0.39 is 51.1 Å². The number of sulfone groups is 2. The Bertz CT molecular complexity index is 3240. The minimum Gasteiger partial charge on any atom is -0.493 e. The van der Waals surface area contributed by atoms with Crippen LogP contribution in [0.1, 0.15) is 29.5 Å².